The Morgan fingerprint density at radius 3 is 2.70 bits per heavy atom. The van der Waals surface area contributed by atoms with E-state index in [4.69, 9.17) is 9.72 Å². The monoisotopic (exact) mass is 411 g/mol. The van der Waals surface area contributed by atoms with Crippen LogP contribution in [-0.2, 0) is 4.79 Å². The normalized spacial score (nSPS) is 15.0. The molecular weight excluding hydrogens is 378 g/mol. The molecule has 1 heterocycles. The van der Waals surface area contributed by atoms with E-state index < -0.39 is 0 Å². The van der Waals surface area contributed by atoms with Gasteiger partial charge in [0.25, 0.3) is 0 Å². The highest BCUT2D eigenvalue weighted by atomic mass is 16.5. The first kappa shape index (κ1) is 21.9. The van der Waals surface area contributed by atoms with Crippen molar-refractivity contribution < 1.29 is 9.53 Å². The fourth-order valence-electron chi connectivity index (χ4n) is 4.07. The van der Waals surface area contributed by atoms with Crippen LogP contribution in [0.2, 0.25) is 0 Å². The largest absolute Gasteiger partial charge is 0.495 e. The first-order chi connectivity index (χ1) is 14.5. The van der Waals surface area contributed by atoms with E-state index in [1.807, 2.05) is 25.1 Å². The lowest BCUT2D eigenvalue weighted by Crippen LogP contribution is -2.42. The molecule has 0 bridgehead atoms. The van der Waals surface area contributed by atoms with E-state index in [1.165, 1.54) is 12.8 Å². The number of aromatic nitrogens is 2. The molecule has 1 fully saturated rings. The minimum atomic E-state index is 0.309. The second kappa shape index (κ2) is 9.78. The number of nitrogens with one attached hydrogen (secondary N) is 1. The van der Waals surface area contributed by atoms with Gasteiger partial charge in [-0.3, -0.25) is 4.79 Å². The van der Waals surface area contributed by atoms with Gasteiger partial charge in [0.05, 0.1) is 19.0 Å². The molecule has 1 aromatic heterocycles. The quantitative estimate of drug-likeness (QED) is 0.604. The Morgan fingerprint density at radius 2 is 2.07 bits per heavy atom. The van der Waals surface area contributed by atoms with Gasteiger partial charge in [-0.15, -0.1) is 0 Å². The molecule has 1 aliphatic rings. The van der Waals surface area contributed by atoms with E-state index in [1.54, 1.807) is 25.3 Å². The molecule has 7 heteroatoms. The number of ether oxygens (including phenoxy) is 1. The van der Waals surface area contributed by atoms with Gasteiger partial charge in [0.15, 0.2) is 5.82 Å². The smallest absolute Gasteiger partial charge is 0.229 e. The number of carbonyl (C=O) groups is 1. The van der Waals surface area contributed by atoms with Gasteiger partial charge in [0.1, 0.15) is 11.4 Å². The Balaban J connectivity index is 2.04. The molecule has 30 heavy (non-hydrogen) atoms. The van der Waals surface area contributed by atoms with Crippen LogP contribution < -0.4 is 19.9 Å². The Bertz CT molecular complexity index is 867. The van der Waals surface area contributed by atoms with Crippen molar-refractivity contribution in [3.05, 3.63) is 30.0 Å². The van der Waals surface area contributed by atoms with Crippen molar-refractivity contribution in [3.63, 3.8) is 0 Å². The van der Waals surface area contributed by atoms with Crippen LogP contribution in [0.15, 0.2) is 24.4 Å². The van der Waals surface area contributed by atoms with Crippen molar-refractivity contribution in [1.82, 2.24) is 9.97 Å². The van der Waals surface area contributed by atoms with Crippen LogP contribution in [0.4, 0.5) is 23.1 Å². The number of carbonyl (C=O) groups excluding carboxylic acids is 1. The molecular formula is C23H33N5O2. The summed E-state index contributed by atoms with van der Waals surface area (Å²) in [5, 5.41) is 3.30. The maximum Gasteiger partial charge on any atom is 0.229 e. The molecule has 7 nitrogen and oxygen atoms in total. The third-order valence-corrected chi connectivity index (χ3v) is 5.92. The number of methoxy groups -OCH3 is 1. The molecule has 0 saturated heterocycles. The number of nitrogens with zero attached hydrogens (tertiary/aromatic N) is 4. The third-order valence-electron chi connectivity index (χ3n) is 5.92. The van der Waals surface area contributed by atoms with Crippen molar-refractivity contribution in [2.45, 2.75) is 65.0 Å². The number of benzene rings is 1. The Morgan fingerprint density at radius 1 is 1.33 bits per heavy atom. The minimum Gasteiger partial charge on any atom is -0.495 e. The highest BCUT2D eigenvalue weighted by molar-refractivity contribution is 5.82. The molecule has 1 atom stereocenters. The maximum absolute atomic E-state index is 11.6. The molecule has 3 rings (SSSR count). The number of anilines is 4. The number of rotatable bonds is 9. The summed E-state index contributed by atoms with van der Waals surface area (Å²) in [6, 6.07) is 6.69. The molecule has 1 N–H and O–H groups in total. The van der Waals surface area contributed by atoms with E-state index in [9.17, 15) is 4.79 Å². The SMILES string of the molecule is CC[C@H](C)N(c1nc(Nc2ccc(C)cc2OC)ncc1N(C)C=O)C1CCCC1. The van der Waals surface area contributed by atoms with Crippen LogP contribution in [0.1, 0.15) is 51.5 Å². The number of aryl methyl sites for hydroxylation is 1. The molecule has 0 radical (unpaired) electrons. The maximum atomic E-state index is 11.6. The fourth-order valence-corrected chi connectivity index (χ4v) is 4.07. The van der Waals surface area contributed by atoms with Gasteiger partial charge in [-0.1, -0.05) is 25.8 Å². The highest BCUT2D eigenvalue weighted by Gasteiger charge is 2.30. The average Bonchev–Trinajstić information content (AvgIpc) is 3.29. The number of hydrogen-bond donors (Lipinski definition) is 1. The molecule has 0 aliphatic heterocycles. The Labute approximate surface area is 179 Å². The van der Waals surface area contributed by atoms with Crippen molar-refractivity contribution >= 4 is 29.6 Å². The summed E-state index contributed by atoms with van der Waals surface area (Å²) in [4.78, 5) is 24.9. The lowest BCUT2D eigenvalue weighted by molar-refractivity contribution is -0.107. The van der Waals surface area contributed by atoms with Gasteiger partial charge >= 0.3 is 0 Å². The van der Waals surface area contributed by atoms with Crippen LogP contribution in [0.25, 0.3) is 0 Å². The summed E-state index contributed by atoms with van der Waals surface area (Å²) >= 11 is 0. The molecule has 1 aliphatic carbocycles. The second-order valence-corrected chi connectivity index (χ2v) is 8.05. The van der Waals surface area contributed by atoms with Crippen LogP contribution >= 0.6 is 0 Å². The van der Waals surface area contributed by atoms with Crippen molar-refractivity contribution in [2.75, 3.05) is 29.3 Å². The van der Waals surface area contributed by atoms with Crippen LogP contribution in [0, 0.1) is 6.92 Å². The molecule has 1 aromatic carbocycles. The molecule has 2 aromatic rings. The van der Waals surface area contributed by atoms with Gasteiger partial charge < -0.3 is 19.9 Å². The fraction of sp³-hybridized carbons (Fsp3) is 0.522. The van der Waals surface area contributed by atoms with Gasteiger partial charge in [0, 0.05) is 19.1 Å². The number of amides is 1. The van der Waals surface area contributed by atoms with Crippen molar-refractivity contribution in [1.29, 1.82) is 0 Å². The van der Waals surface area contributed by atoms with Crippen molar-refractivity contribution in [3.8, 4) is 5.75 Å². The van der Waals surface area contributed by atoms with Gasteiger partial charge in [0.2, 0.25) is 12.4 Å². The van der Waals surface area contributed by atoms with Gasteiger partial charge in [-0.05, 0) is 50.8 Å². The molecule has 0 spiro atoms. The average molecular weight is 412 g/mol. The number of hydrogen-bond acceptors (Lipinski definition) is 6. The molecule has 0 unspecified atom stereocenters. The summed E-state index contributed by atoms with van der Waals surface area (Å²) in [7, 11) is 3.40. The van der Waals surface area contributed by atoms with E-state index >= 15 is 0 Å². The zero-order chi connectivity index (χ0) is 21.7. The zero-order valence-corrected chi connectivity index (χ0v) is 18.7. The first-order valence-corrected chi connectivity index (χ1v) is 10.7. The van der Waals surface area contributed by atoms with E-state index in [2.05, 4.69) is 29.0 Å². The van der Waals surface area contributed by atoms with Gasteiger partial charge in [-0.25, -0.2) is 4.98 Å². The molecule has 1 saturated carbocycles. The minimum absolute atomic E-state index is 0.309. The van der Waals surface area contributed by atoms with E-state index in [0.717, 1.165) is 54.2 Å². The summed E-state index contributed by atoms with van der Waals surface area (Å²) in [5.74, 6) is 2.03. The Hall–Kier alpha value is -2.83. The van der Waals surface area contributed by atoms with Crippen molar-refractivity contribution in [2.24, 2.45) is 0 Å². The van der Waals surface area contributed by atoms with E-state index in [-0.39, 0.29) is 0 Å². The third kappa shape index (κ3) is 4.66. The van der Waals surface area contributed by atoms with E-state index in [0.29, 0.717) is 18.0 Å². The van der Waals surface area contributed by atoms with Crippen LogP contribution in [-0.4, -0.2) is 42.6 Å². The molecule has 162 valence electrons. The predicted octanol–water partition coefficient (Wildman–Crippen LogP) is 4.68. The summed E-state index contributed by atoms with van der Waals surface area (Å²) in [6.07, 6.45) is 8.28. The topological polar surface area (TPSA) is 70.6 Å². The Kier molecular flexibility index (Phi) is 7.13. The summed E-state index contributed by atoms with van der Waals surface area (Å²) < 4.78 is 5.51. The lowest BCUT2D eigenvalue weighted by Gasteiger charge is -2.37. The first-order valence-electron chi connectivity index (χ1n) is 10.7. The standard InChI is InChI=1S/C23H33N5O2/c1-6-17(3)28(18-9-7-8-10-18)22-20(27(4)15-29)14-24-23(26-22)25-19-12-11-16(2)13-21(19)30-5/h11-15,17-18H,6-10H2,1-5H3,(H,24,25,26)/t17-/m0/s1. The van der Waals surface area contributed by atoms with Gasteiger partial charge in [-0.2, -0.15) is 4.98 Å². The zero-order valence-electron chi connectivity index (χ0n) is 18.7. The highest BCUT2D eigenvalue weighted by Crippen LogP contribution is 2.36. The van der Waals surface area contributed by atoms with Crippen LogP contribution in [0.3, 0.4) is 0 Å². The van der Waals surface area contributed by atoms with Crippen LogP contribution in [0.5, 0.6) is 5.75 Å². The predicted molar refractivity (Wildman–Crippen MR) is 122 cm³/mol. The lowest BCUT2D eigenvalue weighted by atomic mass is 10.1. The summed E-state index contributed by atoms with van der Waals surface area (Å²) in [6.45, 7) is 6.44. The molecule has 1 amide bonds. The second-order valence-electron chi connectivity index (χ2n) is 8.05. The summed E-state index contributed by atoms with van der Waals surface area (Å²) in [5.41, 5.74) is 2.64.